The van der Waals surface area contributed by atoms with E-state index >= 15 is 0 Å². The molecule has 0 saturated heterocycles. The maximum absolute atomic E-state index is 11.8. The van der Waals surface area contributed by atoms with Crippen LogP contribution in [0.15, 0.2) is 28.9 Å². The van der Waals surface area contributed by atoms with Gasteiger partial charge in [0.15, 0.2) is 6.79 Å². The van der Waals surface area contributed by atoms with Crippen LogP contribution in [0.4, 0.5) is 5.82 Å². The molecule has 0 saturated carbocycles. The molecule has 1 aliphatic rings. The predicted molar refractivity (Wildman–Crippen MR) is 83.5 cm³/mol. The van der Waals surface area contributed by atoms with Gasteiger partial charge in [-0.25, -0.2) is 4.79 Å². The van der Waals surface area contributed by atoms with Crippen LogP contribution in [0.2, 0.25) is 0 Å². The van der Waals surface area contributed by atoms with E-state index in [1.54, 1.807) is 20.8 Å². The smallest absolute Gasteiger partial charge is 0.352 e. The van der Waals surface area contributed by atoms with E-state index in [1.165, 1.54) is 18.3 Å². The van der Waals surface area contributed by atoms with E-state index in [2.05, 4.69) is 4.98 Å². The molecule has 0 radical (unpaired) electrons. The minimum Gasteiger partial charge on any atom is -0.469 e. The number of aromatic nitrogens is 2. The highest BCUT2D eigenvalue weighted by molar-refractivity contribution is 5.75. The molecule has 0 aliphatic carbocycles. The summed E-state index contributed by atoms with van der Waals surface area (Å²) in [4.78, 5) is 26.9. The lowest BCUT2D eigenvalue weighted by molar-refractivity contribution is -0.165. The fourth-order valence-electron chi connectivity index (χ4n) is 1.91. The number of nitrogen functional groups attached to an aromatic ring is 1. The van der Waals surface area contributed by atoms with E-state index in [0.717, 1.165) is 4.57 Å². The number of ether oxygens (including phenoxy) is 3. The normalized spacial score (nSPS) is 20.4. The maximum atomic E-state index is 11.8. The average molecular weight is 339 g/mol. The van der Waals surface area contributed by atoms with Gasteiger partial charge in [0.05, 0.1) is 5.41 Å². The lowest BCUT2D eigenvalue weighted by Gasteiger charge is -2.18. The van der Waals surface area contributed by atoms with Crippen LogP contribution in [0.5, 0.6) is 0 Å². The highest BCUT2D eigenvalue weighted by Gasteiger charge is 2.30. The number of hydrogen-bond acceptors (Lipinski definition) is 8. The van der Waals surface area contributed by atoms with Crippen LogP contribution in [-0.4, -0.2) is 40.1 Å². The van der Waals surface area contributed by atoms with E-state index < -0.39 is 23.4 Å². The number of nitrogens with two attached hydrogens (primary N) is 1. The number of rotatable bonds is 5. The van der Waals surface area contributed by atoms with Crippen molar-refractivity contribution in [3.05, 3.63) is 34.6 Å². The minimum atomic E-state index is -1.04. The molecule has 1 aromatic heterocycles. The monoisotopic (exact) mass is 339 g/mol. The summed E-state index contributed by atoms with van der Waals surface area (Å²) >= 11 is 0. The zero-order valence-corrected chi connectivity index (χ0v) is 13.8. The fourth-order valence-corrected chi connectivity index (χ4v) is 1.91. The highest BCUT2D eigenvalue weighted by Crippen LogP contribution is 2.25. The molecule has 2 atom stereocenters. The second kappa shape index (κ2) is 7.02. The maximum Gasteiger partial charge on any atom is 0.352 e. The molecule has 3 N–H and O–H groups in total. The second-order valence-corrected chi connectivity index (χ2v) is 6.32. The Kier molecular flexibility index (Phi) is 5.25. The fraction of sp³-hybridized carbons (Fsp3) is 0.533. The molecular formula is C15H21N3O6. The quantitative estimate of drug-likeness (QED) is 0.441. The van der Waals surface area contributed by atoms with Gasteiger partial charge in [-0.15, -0.1) is 0 Å². The first-order valence-corrected chi connectivity index (χ1v) is 7.33. The van der Waals surface area contributed by atoms with Crippen molar-refractivity contribution in [2.24, 2.45) is 5.41 Å². The molecule has 0 fully saturated rings. The molecule has 2 rings (SSSR count). The molecule has 1 aromatic rings. The van der Waals surface area contributed by atoms with E-state index in [0.29, 0.717) is 5.76 Å². The molecule has 0 amide bonds. The number of hydrogen-bond donors (Lipinski definition) is 2. The van der Waals surface area contributed by atoms with Crippen LogP contribution in [0.3, 0.4) is 0 Å². The Balaban J connectivity index is 1.86. The van der Waals surface area contributed by atoms with Crippen molar-refractivity contribution in [2.75, 3.05) is 19.1 Å². The van der Waals surface area contributed by atoms with Crippen molar-refractivity contribution >= 4 is 11.8 Å². The zero-order chi connectivity index (χ0) is 17.9. The first-order chi connectivity index (χ1) is 11.2. The number of carbonyl (C=O) groups is 1. The van der Waals surface area contributed by atoms with Crippen LogP contribution in [0, 0.1) is 5.41 Å². The lowest BCUT2D eigenvalue weighted by atomic mass is 9.98. The summed E-state index contributed by atoms with van der Waals surface area (Å²) in [6.45, 7) is 4.95. The Hall–Kier alpha value is -2.39. The van der Waals surface area contributed by atoms with Gasteiger partial charge in [-0.2, -0.15) is 4.98 Å². The van der Waals surface area contributed by atoms with Gasteiger partial charge in [-0.3, -0.25) is 9.36 Å². The predicted octanol–water partition coefficient (Wildman–Crippen LogP) is 0.162. The van der Waals surface area contributed by atoms with Crippen LogP contribution in [0.25, 0.3) is 0 Å². The average Bonchev–Trinajstić information content (AvgIpc) is 2.83. The van der Waals surface area contributed by atoms with Gasteiger partial charge in [0, 0.05) is 6.20 Å². The number of aliphatic hydroxyl groups is 1. The highest BCUT2D eigenvalue weighted by atomic mass is 16.7. The van der Waals surface area contributed by atoms with Crippen LogP contribution >= 0.6 is 0 Å². The number of carbonyl (C=O) groups excluding carboxylic acids is 1. The third-order valence-corrected chi connectivity index (χ3v) is 3.18. The molecular weight excluding hydrogens is 318 g/mol. The van der Waals surface area contributed by atoms with Gasteiger partial charge < -0.3 is 25.1 Å². The zero-order valence-electron chi connectivity index (χ0n) is 13.8. The molecule has 24 heavy (non-hydrogen) atoms. The van der Waals surface area contributed by atoms with Crippen molar-refractivity contribution in [2.45, 2.75) is 33.1 Å². The van der Waals surface area contributed by atoms with Crippen molar-refractivity contribution in [3.63, 3.8) is 0 Å². The number of anilines is 1. The molecule has 0 unspecified atom stereocenters. The van der Waals surface area contributed by atoms with E-state index in [4.69, 9.17) is 19.9 Å². The van der Waals surface area contributed by atoms with Crippen molar-refractivity contribution in [1.82, 2.24) is 9.55 Å². The number of aliphatic hydroxyl groups excluding tert-OH is 1. The molecule has 9 nitrogen and oxygen atoms in total. The topological polar surface area (TPSA) is 126 Å². The molecule has 9 heteroatoms. The molecule has 0 aromatic carbocycles. The Labute approximate surface area is 138 Å². The van der Waals surface area contributed by atoms with Crippen molar-refractivity contribution in [1.29, 1.82) is 0 Å². The summed E-state index contributed by atoms with van der Waals surface area (Å²) in [6, 6.07) is 1.43. The molecule has 0 bridgehead atoms. The van der Waals surface area contributed by atoms with Crippen LogP contribution in [0.1, 0.15) is 27.0 Å². The third kappa shape index (κ3) is 4.33. The van der Waals surface area contributed by atoms with Crippen molar-refractivity contribution < 1.29 is 24.1 Å². The summed E-state index contributed by atoms with van der Waals surface area (Å²) in [5.74, 6) is 0.0187. The van der Waals surface area contributed by atoms with Gasteiger partial charge in [-0.1, -0.05) is 0 Å². The van der Waals surface area contributed by atoms with Crippen molar-refractivity contribution in [3.8, 4) is 0 Å². The summed E-state index contributed by atoms with van der Waals surface area (Å²) in [5.41, 5.74) is 4.18. The van der Waals surface area contributed by atoms with Gasteiger partial charge in [0.25, 0.3) is 0 Å². The minimum absolute atomic E-state index is 0.0118. The second-order valence-electron chi connectivity index (χ2n) is 6.32. The Morgan fingerprint density at radius 1 is 1.50 bits per heavy atom. The summed E-state index contributed by atoms with van der Waals surface area (Å²) < 4.78 is 16.8. The van der Waals surface area contributed by atoms with Gasteiger partial charge in [-0.05, 0) is 32.9 Å². The summed E-state index contributed by atoms with van der Waals surface area (Å²) in [6.07, 6.45) is 0.825. The third-order valence-electron chi connectivity index (χ3n) is 3.18. The van der Waals surface area contributed by atoms with Gasteiger partial charge in [0.2, 0.25) is 6.23 Å². The lowest BCUT2D eigenvalue weighted by Crippen LogP contribution is -2.32. The molecule has 0 spiro atoms. The van der Waals surface area contributed by atoms with Crippen LogP contribution in [-0.2, 0) is 19.0 Å². The summed E-state index contributed by atoms with van der Waals surface area (Å²) in [5, 5.41) is 10.00. The summed E-state index contributed by atoms with van der Waals surface area (Å²) in [7, 11) is 0. The Morgan fingerprint density at radius 2 is 2.21 bits per heavy atom. The van der Waals surface area contributed by atoms with E-state index in [-0.39, 0.29) is 25.2 Å². The molecule has 132 valence electrons. The SMILES string of the molecule is CC(C)(C)C(=O)OCOCC1=C[C@@H](O)[C@H](n2ccc(N)nc2=O)O1. The number of nitrogens with zero attached hydrogens (tertiary/aromatic N) is 2. The van der Waals surface area contributed by atoms with Gasteiger partial charge >= 0.3 is 11.7 Å². The largest absolute Gasteiger partial charge is 0.469 e. The first kappa shape index (κ1) is 18.0. The first-order valence-electron chi connectivity index (χ1n) is 7.33. The standard InChI is InChI=1S/C15H21N3O6/c1-15(2,3)13(20)23-8-22-7-9-6-10(19)12(24-9)18-5-4-11(16)17-14(18)21/h4-6,10,12,19H,7-8H2,1-3H3,(H2,16,17,21)/t10-,12-/m1/s1. The Bertz CT molecular complexity index is 691. The van der Waals surface area contributed by atoms with E-state index in [9.17, 15) is 14.7 Å². The van der Waals surface area contributed by atoms with Crippen LogP contribution < -0.4 is 11.4 Å². The number of esters is 1. The van der Waals surface area contributed by atoms with E-state index in [1.807, 2.05) is 0 Å². The Morgan fingerprint density at radius 3 is 2.83 bits per heavy atom. The van der Waals surface area contributed by atoms with Gasteiger partial charge in [0.1, 0.15) is 24.3 Å². The molecule has 1 aliphatic heterocycles. The molecule has 2 heterocycles.